The number of hydrogen-bond acceptors (Lipinski definition) is 4. The number of halogens is 2. The Labute approximate surface area is 148 Å². The lowest BCUT2D eigenvalue weighted by molar-refractivity contribution is -0.141. The first kappa shape index (κ1) is 18.4. The number of esters is 1. The Hall–Kier alpha value is -1.93. The number of nitrogens with zero attached hydrogens (tertiary/aromatic N) is 1. The zero-order valence-electron chi connectivity index (χ0n) is 12.8. The quantitative estimate of drug-likeness (QED) is 0.678. The van der Waals surface area contributed by atoms with Gasteiger partial charge in [0.15, 0.2) is 0 Å². The van der Waals surface area contributed by atoms with Crippen LogP contribution in [0.5, 0.6) is 0 Å². The molecule has 0 fully saturated rings. The zero-order valence-corrected chi connectivity index (χ0v) is 15.2. The summed E-state index contributed by atoms with van der Waals surface area (Å²) in [6, 6.07) is 10.9. The van der Waals surface area contributed by atoms with Crippen LogP contribution >= 0.6 is 15.9 Å². The van der Waals surface area contributed by atoms with Crippen LogP contribution in [0.3, 0.4) is 0 Å². The molecule has 0 aromatic heterocycles. The molecule has 0 unspecified atom stereocenters. The minimum atomic E-state index is -4.01. The van der Waals surface area contributed by atoms with E-state index >= 15 is 0 Å². The van der Waals surface area contributed by atoms with Crippen molar-refractivity contribution in [2.24, 2.45) is 0 Å². The van der Waals surface area contributed by atoms with Crippen LogP contribution in [0.15, 0.2) is 57.9 Å². The van der Waals surface area contributed by atoms with Crippen molar-refractivity contribution in [3.8, 4) is 0 Å². The molecule has 0 aliphatic rings. The Morgan fingerprint density at radius 2 is 1.71 bits per heavy atom. The van der Waals surface area contributed by atoms with Gasteiger partial charge in [0.25, 0.3) is 10.0 Å². The van der Waals surface area contributed by atoms with Gasteiger partial charge in [-0.05, 0) is 55.5 Å². The summed E-state index contributed by atoms with van der Waals surface area (Å²) in [7, 11) is -4.01. The number of sulfonamides is 1. The molecular weight excluding hydrogens is 401 g/mol. The lowest BCUT2D eigenvalue weighted by Crippen LogP contribution is -2.36. The first-order valence-corrected chi connectivity index (χ1v) is 9.27. The lowest BCUT2D eigenvalue weighted by atomic mass is 10.3. The van der Waals surface area contributed by atoms with Crippen LogP contribution in [0, 0.1) is 5.82 Å². The molecule has 0 radical (unpaired) electrons. The number of carbonyl (C=O) groups is 1. The summed E-state index contributed by atoms with van der Waals surface area (Å²) in [5.41, 5.74) is 0.173. The predicted molar refractivity (Wildman–Crippen MR) is 91.7 cm³/mol. The van der Waals surface area contributed by atoms with E-state index in [4.69, 9.17) is 4.74 Å². The lowest BCUT2D eigenvalue weighted by Gasteiger charge is -2.23. The van der Waals surface area contributed by atoms with Crippen molar-refractivity contribution < 1.29 is 22.3 Å². The average Bonchev–Trinajstić information content (AvgIpc) is 2.54. The van der Waals surface area contributed by atoms with Gasteiger partial charge in [0.2, 0.25) is 0 Å². The van der Waals surface area contributed by atoms with E-state index in [0.717, 1.165) is 20.9 Å². The fourth-order valence-corrected chi connectivity index (χ4v) is 3.65. The molecule has 8 heteroatoms. The van der Waals surface area contributed by atoms with Crippen molar-refractivity contribution in [1.29, 1.82) is 0 Å². The molecule has 2 aromatic carbocycles. The van der Waals surface area contributed by atoms with E-state index < -0.39 is 28.4 Å². The van der Waals surface area contributed by atoms with E-state index in [1.54, 1.807) is 19.1 Å². The molecule has 24 heavy (non-hydrogen) atoms. The third kappa shape index (κ3) is 4.33. The molecule has 0 amide bonds. The highest BCUT2D eigenvalue weighted by Gasteiger charge is 2.27. The molecule has 0 N–H and O–H groups in total. The summed E-state index contributed by atoms with van der Waals surface area (Å²) in [5, 5.41) is 0. The molecular formula is C16H15BrFNO4S. The van der Waals surface area contributed by atoms with Crippen molar-refractivity contribution in [2.45, 2.75) is 11.8 Å². The van der Waals surface area contributed by atoms with Gasteiger partial charge in [-0.1, -0.05) is 15.9 Å². The molecule has 5 nitrogen and oxygen atoms in total. The van der Waals surface area contributed by atoms with E-state index in [-0.39, 0.29) is 17.2 Å². The molecule has 0 bridgehead atoms. The van der Waals surface area contributed by atoms with E-state index in [9.17, 15) is 17.6 Å². The molecule has 0 saturated carbocycles. The molecule has 0 aliphatic carbocycles. The number of hydrogen-bond donors (Lipinski definition) is 0. The standard InChI is InChI=1S/C16H15BrFNO4S/c1-2-23-16(20)11-19(14-7-5-13(18)6-8-14)24(21,22)15-9-3-12(17)4-10-15/h3-10H,2,11H2,1H3. The Balaban J connectivity index is 2.45. The van der Waals surface area contributed by atoms with Crippen molar-refractivity contribution in [2.75, 3.05) is 17.5 Å². The van der Waals surface area contributed by atoms with E-state index in [1.807, 2.05) is 0 Å². The van der Waals surface area contributed by atoms with Gasteiger partial charge in [0.05, 0.1) is 17.2 Å². The monoisotopic (exact) mass is 415 g/mol. The maximum Gasteiger partial charge on any atom is 0.326 e. The van der Waals surface area contributed by atoms with Gasteiger partial charge in [-0.15, -0.1) is 0 Å². The minimum absolute atomic E-state index is 0.0133. The third-order valence-electron chi connectivity index (χ3n) is 3.09. The summed E-state index contributed by atoms with van der Waals surface area (Å²) in [6.07, 6.45) is 0. The smallest absolute Gasteiger partial charge is 0.326 e. The van der Waals surface area contributed by atoms with Crippen LogP contribution in [0.4, 0.5) is 10.1 Å². The second-order valence-corrected chi connectivity index (χ2v) is 7.53. The van der Waals surface area contributed by atoms with Gasteiger partial charge in [-0.2, -0.15) is 0 Å². The van der Waals surface area contributed by atoms with Crippen LogP contribution in [0.2, 0.25) is 0 Å². The molecule has 0 aliphatic heterocycles. The van der Waals surface area contributed by atoms with Crippen LogP contribution in [-0.2, 0) is 19.6 Å². The molecule has 128 valence electrons. The van der Waals surface area contributed by atoms with Crippen molar-refractivity contribution >= 4 is 37.6 Å². The molecule has 2 aromatic rings. The van der Waals surface area contributed by atoms with Crippen molar-refractivity contribution in [3.63, 3.8) is 0 Å². The van der Waals surface area contributed by atoms with Gasteiger partial charge in [-0.3, -0.25) is 9.10 Å². The van der Waals surface area contributed by atoms with Crippen LogP contribution < -0.4 is 4.31 Å². The Morgan fingerprint density at radius 1 is 1.12 bits per heavy atom. The highest BCUT2D eigenvalue weighted by molar-refractivity contribution is 9.10. The van der Waals surface area contributed by atoms with Crippen LogP contribution in [0.25, 0.3) is 0 Å². The fourth-order valence-electron chi connectivity index (χ4n) is 1.98. The SMILES string of the molecule is CCOC(=O)CN(c1ccc(F)cc1)S(=O)(=O)c1ccc(Br)cc1. The minimum Gasteiger partial charge on any atom is -0.465 e. The van der Waals surface area contributed by atoms with Crippen molar-refractivity contribution in [1.82, 2.24) is 0 Å². The maximum absolute atomic E-state index is 13.1. The summed E-state index contributed by atoms with van der Waals surface area (Å²) < 4.78 is 45.3. The number of benzene rings is 2. The largest absolute Gasteiger partial charge is 0.465 e. The highest BCUT2D eigenvalue weighted by Crippen LogP contribution is 2.25. The molecule has 0 atom stereocenters. The van der Waals surface area contributed by atoms with Crippen molar-refractivity contribution in [3.05, 3.63) is 58.8 Å². The zero-order chi connectivity index (χ0) is 17.7. The second kappa shape index (κ2) is 7.76. The van der Waals surface area contributed by atoms with E-state index in [1.165, 1.54) is 24.3 Å². The number of rotatable bonds is 6. The molecule has 0 heterocycles. The van der Waals surface area contributed by atoms with E-state index in [2.05, 4.69) is 15.9 Å². The van der Waals surface area contributed by atoms with Crippen LogP contribution in [0.1, 0.15) is 6.92 Å². The summed E-state index contributed by atoms with van der Waals surface area (Å²) >= 11 is 3.24. The number of ether oxygens (including phenoxy) is 1. The Kier molecular flexibility index (Phi) is 5.95. The van der Waals surface area contributed by atoms with Gasteiger partial charge < -0.3 is 4.74 Å². The highest BCUT2D eigenvalue weighted by atomic mass is 79.9. The third-order valence-corrected chi connectivity index (χ3v) is 5.41. The second-order valence-electron chi connectivity index (χ2n) is 4.75. The summed E-state index contributed by atoms with van der Waals surface area (Å²) in [6.45, 7) is 1.26. The first-order chi connectivity index (χ1) is 11.3. The number of carbonyl (C=O) groups excluding carboxylic acids is 1. The topological polar surface area (TPSA) is 63.7 Å². The van der Waals surface area contributed by atoms with Gasteiger partial charge in [-0.25, -0.2) is 12.8 Å². The fraction of sp³-hybridized carbons (Fsp3) is 0.188. The first-order valence-electron chi connectivity index (χ1n) is 7.04. The van der Waals surface area contributed by atoms with Gasteiger partial charge in [0.1, 0.15) is 12.4 Å². The molecule has 0 saturated heterocycles. The van der Waals surface area contributed by atoms with Gasteiger partial charge >= 0.3 is 5.97 Å². The van der Waals surface area contributed by atoms with Crippen LogP contribution in [-0.4, -0.2) is 27.5 Å². The normalized spacial score (nSPS) is 11.1. The molecule has 2 rings (SSSR count). The Bertz CT molecular complexity index is 807. The maximum atomic E-state index is 13.1. The Morgan fingerprint density at radius 3 is 2.25 bits per heavy atom. The van der Waals surface area contributed by atoms with E-state index in [0.29, 0.717) is 0 Å². The number of anilines is 1. The summed E-state index contributed by atoms with van der Waals surface area (Å²) in [5.74, 6) is -1.20. The average molecular weight is 416 g/mol. The predicted octanol–water partition coefficient (Wildman–Crippen LogP) is 3.35. The summed E-state index contributed by atoms with van der Waals surface area (Å²) in [4.78, 5) is 11.8. The molecule has 0 spiro atoms. The van der Waals surface area contributed by atoms with Gasteiger partial charge in [0, 0.05) is 4.47 Å².